The second kappa shape index (κ2) is 5.51. The first kappa shape index (κ1) is 12.4. The zero-order valence-electron chi connectivity index (χ0n) is 9.44. The van der Waals surface area contributed by atoms with Gasteiger partial charge in [0.05, 0.1) is 0 Å². The fourth-order valence-electron chi connectivity index (χ4n) is 1.52. The zero-order valence-corrected chi connectivity index (χ0v) is 10.2. The molecular weight excluding hydrogens is 252 g/mol. The summed E-state index contributed by atoms with van der Waals surface area (Å²) in [6.07, 6.45) is 1.44. The molecule has 92 valence electrons. The van der Waals surface area contributed by atoms with Crippen LogP contribution in [-0.2, 0) is 5.88 Å². The first-order valence-corrected chi connectivity index (χ1v) is 5.87. The van der Waals surface area contributed by atoms with Gasteiger partial charge in [-0.05, 0) is 23.8 Å². The summed E-state index contributed by atoms with van der Waals surface area (Å²) in [7, 11) is 0. The average molecular weight is 263 g/mol. The van der Waals surface area contributed by atoms with Crippen LogP contribution in [0.1, 0.15) is 15.9 Å². The molecule has 4 nitrogen and oxygen atoms in total. The highest BCUT2D eigenvalue weighted by Crippen LogP contribution is 2.13. The normalized spacial score (nSPS) is 10.1. The van der Waals surface area contributed by atoms with Crippen LogP contribution in [-0.4, -0.2) is 10.9 Å². The molecule has 0 radical (unpaired) electrons. The topological polar surface area (TPSA) is 62.0 Å². The second-order valence-corrected chi connectivity index (χ2v) is 4.00. The first-order valence-electron chi connectivity index (χ1n) is 5.34. The molecule has 0 saturated carbocycles. The van der Waals surface area contributed by atoms with Crippen molar-refractivity contribution in [2.24, 2.45) is 0 Å². The molecule has 1 heterocycles. The molecule has 0 fully saturated rings. The van der Waals surface area contributed by atoms with Crippen LogP contribution in [0.25, 0.3) is 0 Å². The van der Waals surface area contributed by atoms with Crippen molar-refractivity contribution in [2.45, 2.75) is 5.88 Å². The SMILES string of the molecule is O=C(Nc1cccc(CCl)c1)c1cc[nH]c(=O)c1. The van der Waals surface area contributed by atoms with Gasteiger partial charge in [-0.2, -0.15) is 0 Å². The van der Waals surface area contributed by atoms with E-state index in [2.05, 4.69) is 10.3 Å². The molecule has 18 heavy (non-hydrogen) atoms. The molecule has 0 aliphatic carbocycles. The van der Waals surface area contributed by atoms with E-state index in [4.69, 9.17) is 11.6 Å². The van der Waals surface area contributed by atoms with Gasteiger partial charge in [-0.25, -0.2) is 0 Å². The lowest BCUT2D eigenvalue weighted by Gasteiger charge is -2.06. The molecule has 2 N–H and O–H groups in total. The maximum absolute atomic E-state index is 11.9. The predicted molar refractivity (Wildman–Crippen MR) is 71.0 cm³/mol. The quantitative estimate of drug-likeness (QED) is 0.834. The zero-order chi connectivity index (χ0) is 13.0. The lowest BCUT2D eigenvalue weighted by atomic mass is 10.2. The average Bonchev–Trinajstić information content (AvgIpc) is 2.39. The van der Waals surface area contributed by atoms with Crippen molar-refractivity contribution >= 4 is 23.2 Å². The number of benzene rings is 1. The van der Waals surface area contributed by atoms with Crippen molar-refractivity contribution in [3.8, 4) is 0 Å². The number of aromatic amines is 1. The Balaban J connectivity index is 2.18. The van der Waals surface area contributed by atoms with Crippen LogP contribution in [0.15, 0.2) is 47.4 Å². The molecule has 1 aromatic carbocycles. The molecule has 0 bridgehead atoms. The Labute approximate surface area is 109 Å². The van der Waals surface area contributed by atoms with E-state index in [1.54, 1.807) is 18.2 Å². The van der Waals surface area contributed by atoms with Crippen molar-refractivity contribution in [3.05, 3.63) is 64.1 Å². The van der Waals surface area contributed by atoms with Gasteiger partial charge in [0.2, 0.25) is 5.56 Å². The lowest BCUT2D eigenvalue weighted by Crippen LogP contribution is -2.15. The van der Waals surface area contributed by atoms with Gasteiger partial charge in [0.1, 0.15) is 0 Å². The fraction of sp³-hybridized carbons (Fsp3) is 0.0769. The van der Waals surface area contributed by atoms with Crippen LogP contribution in [0.3, 0.4) is 0 Å². The van der Waals surface area contributed by atoms with Crippen LogP contribution in [0.2, 0.25) is 0 Å². The van der Waals surface area contributed by atoms with Crippen molar-refractivity contribution in [1.29, 1.82) is 0 Å². The molecule has 5 heteroatoms. The summed E-state index contributed by atoms with van der Waals surface area (Å²) in [6.45, 7) is 0. The summed E-state index contributed by atoms with van der Waals surface area (Å²) < 4.78 is 0. The molecule has 0 atom stereocenters. The number of amides is 1. The van der Waals surface area contributed by atoms with Gasteiger partial charge in [-0.3, -0.25) is 9.59 Å². The summed E-state index contributed by atoms with van der Waals surface area (Å²) in [5.41, 5.74) is 1.57. The lowest BCUT2D eigenvalue weighted by molar-refractivity contribution is 0.102. The monoisotopic (exact) mass is 262 g/mol. The molecule has 0 spiro atoms. The van der Waals surface area contributed by atoms with E-state index in [1.165, 1.54) is 12.3 Å². The molecule has 2 aromatic rings. The Hall–Kier alpha value is -2.07. The number of nitrogens with one attached hydrogen (secondary N) is 2. The van der Waals surface area contributed by atoms with Crippen molar-refractivity contribution in [2.75, 3.05) is 5.32 Å². The van der Waals surface area contributed by atoms with E-state index in [0.29, 0.717) is 17.1 Å². The van der Waals surface area contributed by atoms with Gasteiger partial charge in [-0.1, -0.05) is 12.1 Å². The van der Waals surface area contributed by atoms with Crippen molar-refractivity contribution in [1.82, 2.24) is 4.98 Å². The standard InChI is InChI=1S/C13H11ClN2O2/c14-8-9-2-1-3-11(6-9)16-13(18)10-4-5-15-12(17)7-10/h1-7H,8H2,(H,15,17)(H,16,18). The summed E-state index contributed by atoms with van der Waals surface area (Å²) in [5, 5.41) is 2.71. The molecule has 1 amide bonds. The van der Waals surface area contributed by atoms with Gasteiger partial charge in [0.25, 0.3) is 5.91 Å². The van der Waals surface area contributed by atoms with Gasteiger partial charge in [0, 0.05) is 29.4 Å². The molecule has 0 unspecified atom stereocenters. The van der Waals surface area contributed by atoms with E-state index < -0.39 is 0 Å². The number of pyridine rings is 1. The number of rotatable bonds is 3. The van der Waals surface area contributed by atoms with E-state index in [0.717, 1.165) is 5.56 Å². The fourth-order valence-corrected chi connectivity index (χ4v) is 1.69. The number of carbonyl (C=O) groups is 1. The molecular formula is C13H11ClN2O2. The number of carbonyl (C=O) groups excluding carboxylic acids is 1. The number of H-pyrrole nitrogens is 1. The third kappa shape index (κ3) is 2.99. The third-order valence-corrected chi connectivity index (χ3v) is 2.69. The number of hydrogen-bond donors (Lipinski definition) is 2. The Bertz CT molecular complexity index is 622. The van der Waals surface area contributed by atoms with E-state index in [-0.39, 0.29) is 11.5 Å². The number of alkyl halides is 1. The van der Waals surface area contributed by atoms with Gasteiger partial charge >= 0.3 is 0 Å². The summed E-state index contributed by atoms with van der Waals surface area (Å²) in [5.74, 6) is 0.0576. The number of halogens is 1. The van der Waals surface area contributed by atoms with E-state index >= 15 is 0 Å². The molecule has 1 aromatic heterocycles. The minimum atomic E-state index is -0.326. The van der Waals surface area contributed by atoms with E-state index in [9.17, 15) is 9.59 Å². The third-order valence-electron chi connectivity index (χ3n) is 2.38. The molecule has 0 aliphatic heterocycles. The predicted octanol–water partition coefficient (Wildman–Crippen LogP) is 2.37. The van der Waals surface area contributed by atoms with Gasteiger partial charge < -0.3 is 10.3 Å². The Morgan fingerprint density at radius 1 is 1.28 bits per heavy atom. The highest BCUT2D eigenvalue weighted by atomic mass is 35.5. The Morgan fingerprint density at radius 2 is 2.11 bits per heavy atom. The molecule has 0 aliphatic rings. The second-order valence-electron chi connectivity index (χ2n) is 3.73. The van der Waals surface area contributed by atoms with Crippen LogP contribution >= 0.6 is 11.6 Å². The maximum atomic E-state index is 11.9. The summed E-state index contributed by atoms with van der Waals surface area (Å²) in [4.78, 5) is 25.4. The summed E-state index contributed by atoms with van der Waals surface area (Å²) in [6, 6.07) is 10.0. The van der Waals surface area contributed by atoms with Crippen molar-refractivity contribution in [3.63, 3.8) is 0 Å². The number of aromatic nitrogens is 1. The van der Waals surface area contributed by atoms with Crippen LogP contribution in [0, 0.1) is 0 Å². The highest BCUT2D eigenvalue weighted by Gasteiger charge is 2.06. The van der Waals surface area contributed by atoms with Gasteiger partial charge in [-0.15, -0.1) is 11.6 Å². The minimum Gasteiger partial charge on any atom is -0.329 e. The number of hydrogen-bond acceptors (Lipinski definition) is 2. The Kier molecular flexibility index (Phi) is 3.79. The smallest absolute Gasteiger partial charge is 0.255 e. The first-order chi connectivity index (χ1) is 8.69. The van der Waals surface area contributed by atoms with Crippen LogP contribution in [0.4, 0.5) is 5.69 Å². The van der Waals surface area contributed by atoms with Crippen LogP contribution < -0.4 is 10.9 Å². The Morgan fingerprint density at radius 3 is 2.83 bits per heavy atom. The molecule has 0 saturated heterocycles. The minimum absolute atomic E-state index is 0.308. The highest BCUT2D eigenvalue weighted by molar-refractivity contribution is 6.17. The number of anilines is 1. The molecule has 2 rings (SSSR count). The van der Waals surface area contributed by atoms with Crippen LogP contribution in [0.5, 0.6) is 0 Å². The van der Waals surface area contributed by atoms with Gasteiger partial charge in [0.15, 0.2) is 0 Å². The van der Waals surface area contributed by atoms with Crippen molar-refractivity contribution < 1.29 is 4.79 Å². The maximum Gasteiger partial charge on any atom is 0.255 e. The van der Waals surface area contributed by atoms with E-state index in [1.807, 2.05) is 12.1 Å². The largest absolute Gasteiger partial charge is 0.329 e. The summed E-state index contributed by atoms with van der Waals surface area (Å²) >= 11 is 5.72.